The summed E-state index contributed by atoms with van der Waals surface area (Å²) < 4.78 is 0. The van der Waals surface area contributed by atoms with Gasteiger partial charge in [0.05, 0.1) is 0 Å². The summed E-state index contributed by atoms with van der Waals surface area (Å²) in [6.07, 6.45) is 3.39. The van der Waals surface area contributed by atoms with Crippen LogP contribution >= 0.6 is 0 Å². The number of hydrogen-bond donors (Lipinski definition) is 3. The third kappa shape index (κ3) is 4.08. The quantitative estimate of drug-likeness (QED) is 0.781. The van der Waals surface area contributed by atoms with Gasteiger partial charge in [0.2, 0.25) is 0 Å². The van der Waals surface area contributed by atoms with Gasteiger partial charge < -0.3 is 16.4 Å². The van der Waals surface area contributed by atoms with E-state index in [9.17, 15) is 4.79 Å². The van der Waals surface area contributed by atoms with Gasteiger partial charge in [0.25, 0.3) is 0 Å². The molecule has 5 heteroatoms. The van der Waals surface area contributed by atoms with Crippen molar-refractivity contribution >= 4 is 11.7 Å². The smallest absolute Gasteiger partial charge is 0.319 e. The van der Waals surface area contributed by atoms with Crippen LogP contribution in [0.3, 0.4) is 0 Å². The minimum atomic E-state index is -0.239. The number of carbonyl (C=O) groups is 1. The lowest BCUT2D eigenvalue weighted by molar-refractivity contribution is 0.251. The summed E-state index contributed by atoms with van der Waals surface area (Å²) in [4.78, 5) is 15.6. The molecule has 0 saturated heterocycles. The average Bonchev–Trinajstić information content (AvgIpc) is 2.47. The third-order valence-corrected chi connectivity index (χ3v) is 2.65. The van der Waals surface area contributed by atoms with E-state index in [0.717, 1.165) is 16.8 Å². The Kier molecular flexibility index (Phi) is 4.47. The summed E-state index contributed by atoms with van der Waals surface area (Å²) in [7, 11) is 0. The maximum atomic E-state index is 11.7. The molecule has 2 amide bonds. The van der Waals surface area contributed by atoms with Crippen molar-refractivity contribution in [3.8, 4) is 0 Å². The Balaban J connectivity index is 1.83. The van der Waals surface area contributed by atoms with E-state index in [1.807, 2.05) is 36.4 Å². The summed E-state index contributed by atoms with van der Waals surface area (Å²) >= 11 is 0. The van der Waals surface area contributed by atoms with Crippen LogP contribution in [0.25, 0.3) is 0 Å². The highest BCUT2D eigenvalue weighted by Crippen LogP contribution is 2.08. The normalized spacial score (nSPS) is 9.95. The Morgan fingerprint density at radius 3 is 2.37 bits per heavy atom. The van der Waals surface area contributed by atoms with Gasteiger partial charge in [-0.3, -0.25) is 4.98 Å². The molecule has 0 aliphatic carbocycles. The zero-order valence-electron chi connectivity index (χ0n) is 10.5. The molecule has 0 aliphatic heterocycles. The molecule has 5 nitrogen and oxygen atoms in total. The van der Waals surface area contributed by atoms with E-state index in [4.69, 9.17) is 5.73 Å². The van der Waals surface area contributed by atoms with Crippen LogP contribution in [0.2, 0.25) is 0 Å². The molecule has 1 aromatic carbocycles. The maximum absolute atomic E-state index is 11.7. The Morgan fingerprint density at radius 2 is 1.74 bits per heavy atom. The molecule has 0 fully saturated rings. The highest BCUT2D eigenvalue weighted by atomic mass is 16.2. The van der Waals surface area contributed by atoms with Gasteiger partial charge in [-0.2, -0.15) is 0 Å². The van der Waals surface area contributed by atoms with E-state index in [2.05, 4.69) is 15.6 Å². The van der Waals surface area contributed by atoms with E-state index in [-0.39, 0.29) is 6.03 Å². The predicted octanol–water partition coefficient (Wildman–Crippen LogP) is 1.86. The predicted molar refractivity (Wildman–Crippen MR) is 74.4 cm³/mol. The number of benzene rings is 1. The molecule has 2 aromatic rings. The van der Waals surface area contributed by atoms with Gasteiger partial charge in [-0.15, -0.1) is 0 Å². The number of nitrogens with two attached hydrogens (primary N) is 1. The first-order valence-electron chi connectivity index (χ1n) is 6.00. The summed E-state index contributed by atoms with van der Waals surface area (Å²) in [6, 6.07) is 10.9. The van der Waals surface area contributed by atoms with E-state index >= 15 is 0 Å². The monoisotopic (exact) mass is 256 g/mol. The van der Waals surface area contributed by atoms with Crippen molar-refractivity contribution in [2.45, 2.75) is 13.1 Å². The van der Waals surface area contributed by atoms with Crippen molar-refractivity contribution in [1.82, 2.24) is 10.3 Å². The number of nitrogens with one attached hydrogen (secondary N) is 2. The van der Waals surface area contributed by atoms with Crippen LogP contribution in [-0.2, 0) is 13.1 Å². The second-order valence-electron chi connectivity index (χ2n) is 4.06. The van der Waals surface area contributed by atoms with Crippen molar-refractivity contribution in [3.63, 3.8) is 0 Å². The summed E-state index contributed by atoms with van der Waals surface area (Å²) in [6.45, 7) is 0.962. The van der Waals surface area contributed by atoms with Crippen molar-refractivity contribution in [1.29, 1.82) is 0 Å². The van der Waals surface area contributed by atoms with Gasteiger partial charge in [-0.05, 0) is 35.4 Å². The van der Waals surface area contributed by atoms with E-state index in [1.54, 1.807) is 12.4 Å². The molecule has 0 aliphatic rings. The first-order chi connectivity index (χ1) is 9.28. The average molecular weight is 256 g/mol. The Hall–Kier alpha value is -2.40. The van der Waals surface area contributed by atoms with Crippen molar-refractivity contribution < 1.29 is 4.79 Å². The van der Waals surface area contributed by atoms with E-state index in [0.29, 0.717) is 13.1 Å². The van der Waals surface area contributed by atoms with Crippen LogP contribution in [0.1, 0.15) is 11.1 Å². The Bertz CT molecular complexity index is 525. The first-order valence-corrected chi connectivity index (χ1v) is 6.00. The lowest BCUT2D eigenvalue weighted by Crippen LogP contribution is -2.28. The fourth-order valence-corrected chi connectivity index (χ4v) is 1.58. The van der Waals surface area contributed by atoms with Crippen LogP contribution in [0, 0.1) is 0 Å². The van der Waals surface area contributed by atoms with E-state index in [1.165, 1.54) is 0 Å². The lowest BCUT2D eigenvalue weighted by atomic mass is 10.2. The van der Waals surface area contributed by atoms with Gasteiger partial charge in [0.1, 0.15) is 0 Å². The fourth-order valence-electron chi connectivity index (χ4n) is 1.58. The SMILES string of the molecule is NCc1ccc(NC(=O)NCc2ccncc2)cc1. The van der Waals surface area contributed by atoms with E-state index < -0.39 is 0 Å². The molecule has 0 unspecified atom stereocenters. The van der Waals surface area contributed by atoms with Crippen molar-refractivity contribution in [2.75, 3.05) is 5.32 Å². The number of amides is 2. The Morgan fingerprint density at radius 1 is 1.05 bits per heavy atom. The van der Waals surface area contributed by atoms with Gasteiger partial charge >= 0.3 is 6.03 Å². The second kappa shape index (κ2) is 6.51. The zero-order valence-corrected chi connectivity index (χ0v) is 10.5. The van der Waals surface area contributed by atoms with Crippen molar-refractivity contribution in [2.24, 2.45) is 5.73 Å². The largest absolute Gasteiger partial charge is 0.334 e. The number of pyridine rings is 1. The lowest BCUT2D eigenvalue weighted by Gasteiger charge is -2.08. The summed E-state index contributed by atoms with van der Waals surface area (Å²) in [5.41, 5.74) is 8.28. The van der Waals surface area contributed by atoms with Crippen LogP contribution in [0.5, 0.6) is 0 Å². The third-order valence-electron chi connectivity index (χ3n) is 2.65. The topological polar surface area (TPSA) is 80.0 Å². The standard InChI is InChI=1S/C14H16N4O/c15-9-11-1-3-13(4-2-11)18-14(19)17-10-12-5-7-16-8-6-12/h1-8H,9-10,15H2,(H2,17,18,19). The van der Waals surface area contributed by atoms with Gasteiger partial charge in [-0.25, -0.2) is 4.79 Å². The number of rotatable bonds is 4. The van der Waals surface area contributed by atoms with Gasteiger partial charge in [-0.1, -0.05) is 12.1 Å². The van der Waals surface area contributed by atoms with Crippen molar-refractivity contribution in [3.05, 3.63) is 59.9 Å². The minimum Gasteiger partial charge on any atom is -0.334 e. The first kappa shape index (κ1) is 13.0. The number of anilines is 1. The van der Waals surface area contributed by atoms with Crippen LogP contribution in [0.15, 0.2) is 48.8 Å². The molecule has 98 valence electrons. The molecule has 0 spiro atoms. The molecular weight excluding hydrogens is 240 g/mol. The molecule has 0 bridgehead atoms. The number of aromatic nitrogens is 1. The molecule has 0 radical (unpaired) electrons. The van der Waals surface area contributed by atoms with Crippen LogP contribution in [0.4, 0.5) is 10.5 Å². The highest BCUT2D eigenvalue weighted by molar-refractivity contribution is 5.89. The molecule has 19 heavy (non-hydrogen) atoms. The summed E-state index contributed by atoms with van der Waals surface area (Å²) in [5.74, 6) is 0. The summed E-state index contributed by atoms with van der Waals surface area (Å²) in [5, 5.41) is 5.53. The number of hydrogen-bond acceptors (Lipinski definition) is 3. The number of urea groups is 1. The highest BCUT2D eigenvalue weighted by Gasteiger charge is 2.01. The van der Waals surface area contributed by atoms with Gasteiger partial charge in [0, 0.05) is 31.2 Å². The van der Waals surface area contributed by atoms with Gasteiger partial charge in [0.15, 0.2) is 0 Å². The minimum absolute atomic E-state index is 0.239. The number of carbonyl (C=O) groups excluding carboxylic acids is 1. The molecule has 2 rings (SSSR count). The maximum Gasteiger partial charge on any atom is 0.319 e. The van der Waals surface area contributed by atoms with Crippen LogP contribution < -0.4 is 16.4 Å². The molecule has 1 heterocycles. The Labute approximate surface area is 111 Å². The second-order valence-corrected chi connectivity index (χ2v) is 4.06. The fraction of sp³-hybridized carbons (Fsp3) is 0.143. The molecular formula is C14H16N4O. The molecule has 4 N–H and O–H groups in total. The molecule has 1 aromatic heterocycles. The molecule has 0 atom stereocenters. The van der Waals surface area contributed by atoms with Crippen LogP contribution in [-0.4, -0.2) is 11.0 Å². The number of nitrogens with zero attached hydrogens (tertiary/aromatic N) is 1. The molecule has 0 saturated carbocycles. The zero-order chi connectivity index (χ0) is 13.5.